The molecule has 0 radical (unpaired) electrons. The lowest BCUT2D eigenvalue weighted by Gasteiger charge is -2.15. The van der Waals surface area contributed by atoms with Gasteiger partial charge in [0.05, 0.1) is 52.8 Å². The number of aromatic nitrogens is 5. The Morgan fingerprint density at radius 2 is 1.88 bits per heavy atom. The predicted molar refractivity (Wildman–Crippen MR) is 114 cm³/mol. The summed E-state index contributed by atoms with van der Waals surface area (Å²) < 4.78 is 38.2. The summed E-state index contributed by atoms with van der Waals surface area (Å²) >= 11 is 0. The van der Waals surface area contributed by atoms with Crippen LogP contribution in [-0.4, -0.2) is 31.5 Å². The van der Waals surface area contributed by atoms with Crippen LogP contribution in [-0.2, 0) is 6.18 Å². The van der Waals surface area contributed by atoms with Gasteiger partial charge in [-0.1, -0.05) is 18.2 Å². The molecule has 1 aromatic carbocycles. The maximum atomic E-state index is 12.7. The van der Waals surface area contributed by atoms with Crippen molar-refractivity contribution in [3.8, 4) is 28.6 Å². The molecular formula is C22H17F3N8. The highest BCUT2D eigenvalue weighted by molar-refractivity contribution is 5.81. The lowest BCUT2D eigenvalue weighted by Crippen LogP contribution is -2.23. The molecule has 166 valence electrons. The molecule has 0 aliphatic rings. The van der Waals surface area contributed by atoms with Gasteiger partial charge in [-0.05, 0) is 18.2 Å². The molecule has 0 amide bonds. The van der Waals surface area contributed by atoms with Crippen LogP contribution in [0.3, 0.4) is 0 Å². The van der Waals surface area contributed by atoms with E-state index in [4.69, 9.17) is 5.73 Å². The Bertz CT molecular complexity index is 1280. The number of nitriles is 1. The van der Waals surface area contributed by atoms with Gasteiger partial charge in [0.15, 0.2) is 0 Å². The molecule has 1 unspecified atom stereocenters. The lowest BCUT2D eigenvalue weighted by atomic mass is 10.0. The van der Waals surface area contributed by atoms with Crippen LogP contribution < -0.4 is 11.1 Å². The number of aromatic amines is 1. The van der Waals surface area contributed by atoms with E-state index in [0.717, 1.165) is 12.3 Å². The first-order valence-electron chi connectivity index (χ1n) is 9.74. The number of nitrogens with one attached hydrogen (secondary N) is 2. The number of alkyl halides is 3. The van der Waals surface area contributed by atoms with Crippen molar-refractivity contribution in [1.29, 1.82) is 5.26 Å². The van der Waals surface area contributed by atoms with Crippen molar-refractivity contribution in [2.75, 3.05) is 11.9 Å². The van der Waals surface area contributed by atoms with E-state index in [9.17, 15) is 18.4 Å². The van der Waals surface area contributed by atoms with Crippen molar-refractivity contribution in [3.05, 3.63) is 78.1 Å². The molecule has 0 saturated carbocycles. The van der Waals surface area contributed by atoms with Crippen LogP contribution in [0, 0.1) is 11.3 Å². The van der Waals surface area contributed by atoms with E-state index in [1.165, 1.54) is 12.4 Å². The number of benzene rings is 1. The third kappa shape index (κ3) is 4.81. The molecule has 0 fully saturated rings. The number of hydrogen-bond donors (Lipinski definition) is 3. The van der Waals surface area contributed by atoms with Gasteiger partial charge in [-0.3, -0.25) is 4.98 Å². The third-order valence-electron chi connectivity index (χ3n) is 4.85. The first-order valence-corrected chi connectivity index (χ1v) is 9.74. The molecule has 4 N–H and O–H groups in total. The molecule has 8 nitrogen and oxygen atoms in total. The summed E-state index contributed by atoms with van der Waals surface area (Å²) in [6, 6.07) is 10.7. The Balaban J connectivity index is 1.60. The Kier molecular flexibility index (Phi) is 6.01. The second-order valence-corrected chi connectivity index (χ2v) is 7.04. The number of pyridine rings is 1. The highest BCUT2D eigenvalue weighted by atomic mass is 19.4. The normalized spacial score (nSPS) is 12.2. The van der Waals surface area contributed by atoms with Crippen molar-refractivity contribution in [1.82, 2.24) is 24.9 Å². The van der Waals surface area contributed by atoms with Crippen LogP contribution in [0.4, 0.5) is 19.1 Å². The Morgan fingerprint density at radius 3 is 2.55 bits per heavy atom. The molecule has 3 aromatic heterocycles. The molecule has 4 aromatic rings. The number of imidazole rings is 1. The number of hydrogen-bond acceptors (Lipinski definition) is 7. The van der Waals surface area contributed by atoms with Crippen molar-refractivity contribution in [3.63, 3.8) is 0 Å². The minimum atomic E-state index is -4.46. The summed E-state index contributed by atoms with van der Waals surface area (Å²) in [7, 11) is 0. The summed E-state index contributed by atoms with van der Waals surface area (Å²) in [5, 5.41) is 12.5. The van der Waals surface area contributed by atoms with E-state index in [1.807, 2.05) is 0 Å². The number of halogens is 3. The number of H-pyrrole nitrogens is 1. The van der Waals surface area contributed by atoms with Gasteiger partial charge in [-0.15, -0.1) is 0 Å². The second kappa shape index (κ2) is 9.05. The van der Waals surface area contributed by atoms with Gasteiger partial charge in [-0.2, -0.15) is 18.4 Å². The minimum Gasteiger partial charge on any atom is -0.352 e. The van der Waals surface area contributed by atoms with E-state index in [2.05, 4.69) is 36.3 Å². The van der Waals surface area contributed by atoms with Crippen molar-refractivity contribution >= 4 is 5.95 Å². The summed E-state index contributed by atoms with van der Waals surface area (Å²) in [6.07, 6.45) is 1.03. The van der Waals surface area contributed by atoms with E-state index in [0.29, 0.717) is 33.8 Å². The maximum absolute atomic E-state index is 12.7. The van der Waals surface area contributed by atoms with E-state index in [1.54, 1.807) is 36.7 Å². The van der Waals surface area contributed by atoms with E-state index < -0.39 is 17.8 Å². The SMILES string of the molecule is N#Cc1ccccc1-c1nc(NCC(N)c2ccc(C(F)(F)F)cn2)ncc1-c1cnc[nH]1. The van der Waals surface area contributed by atoms with Crippen LogP contribution in [0.5, 0.6) is 0 Å². The van der Waals surface area contributed by atoms with E-state index >= 15 is 0 Å². The predicted octanol–water partition coefficient (Wildman–Crippen LogP) is 3.93. The van der Waals surface area contributed by atoms with Crippen molar-refractivity contribution in [2.24, 2.45) is 5.73 Å². The van der Waals surface area contributed by atoms with Crippen LogP contribution in [0.15, 0.2) is 61.3 Å². The summed E-state index contributed by atoms with van der Waals surface area (Å²) in [6.45, 7) is 0.126. The molecule has 0 bridgehead atoms. The highest BCUT2D eigenvalue weighted by Crippen LogP contribution is 2.32. The average molecular weight is 450 g/mol. The van der Waals surface area contributed by atoms with Crippen LogP contribution in [0.2, 0.25) is 0 Å². The lowest BCUT2D eigenvalue weighted by molar-refractivity contribution is -0.137. The molecule has 11 heteroatoms. The van der Waals surface area contributed by atoms with Gasteiger partial charge in [-0.25, -0.2) is 15.0 Å². The van der Waals surface area contributed by atoms with Crippen molar-refractivity contribution < 1.29 is 13.2 Å². The number of rotatable bonds is 6. The standard InChI is InChI=1S/C22H17F3N8/c23-22(24,25)14-5-6-18(29-8-14)17(27)10-31-21-30-9-16(19-11-28-12-32-19)20(33-21)15-4-2-1-3-13(15)7-26/h1-6,8-9,11-12,17H,10,27H2,(H,28,32)(H,30,31,33). The third-order valence-corrected chi connectivity index (χ3v) is 4.85. The monoisotopic (exact) mass is 450 g/mol. The fraction of sp³-hybridized carbons (Fsp3) is 0.136. The van der Waals surface area contributed by atoms with Crippen LogP contribution in [0.25, 0.3) is 22.5 Å². The zero-order valence-corrected chi connectivity index (χ0v) is 17.0. The zero-order chi connectivity index (χ0) is 23.4. The highest BCUT2D eigenvalue weighted by Gasteiger charge is 2.30. The molecule has 0 aliphatic carbocycles. The minimum absolute atomic E-state index is 0.126. The van der Waals surface area contributed by atoms with Crippen molar-refractivity contribution in [2.45, 2.75) is 12.2 Å². The average Bonchev–Trinajstić information content (AvgIpc) is 3.36. The first-order chi connectivity index (χ1) is 15.9. The fourth-order valence-corrected chi connectivity index (χ4v) is 3.16. The van der Waals surface area contributed by atoms with Gasteiger partial charge in [0, 0.05) is 30.1 Å². The Morgan fingerprint density at radius 1 is 1.06 bits per heavy atom. The summed E-state index contributed by atoms with van der Waals surface area (Å²) in [5.74, 6) is 0.239. The van der Waals surface area contributed by atoms with Gasteiger partial charge in [0.1, 0.15) is 0 Å². The molecule has 33 heavy (non-hydrogen) atoms. The fourth-order valence-electron chi connectivity index (χ4n) is 3.16. The topological polar surface area (TPSA) is 129 Å². The molecule has 0 spiro atoms. The largest absolute Gasteiger partial charge is 0.417 e. The molecule has 1 atom stereocenters. The summed E-state index contributed by atoms with van der Waals surface area (Å²) in [5.41, 5.74) is 8.42. The molecule has 0 saturated heterocycles. The summed E-state index contributed by atoms with van der Waals surface area (Å²) in [4.78, 5) is 19.7. The quantitative estimate of drug-likeness (QED) is 0.406. The molecule has 4 rings (SSSR count). The van der Waals surface area contributed by atoms with Crippen LogP contribution >= 0.6 is 0 Å². The Labute approximate surface area is 186 Å². The molecular weight excluding hydrogens is 433 g/mol. The molecule has 0 aliphatic heterocycles. The van der Waals surface area contributed by atoms with Gasteiger partial charge < -0.3 is 16.0 Å². The second-order valence-electron chi connectivity index (χ2n) is 7.04. The number of anilines is 1. The van der Waals surface area contributed by atoms with Gasteiger partial charge in [0.25, 0.3) is 0 Å². The van der Waals surface area contributed by atoms with Crippen LogP contribution in [0.1, 0.15) is 22.9 Å². The maximum Gasteiger partial charge on any atom is 0.417 e. The van der Waals surface area contributed by atoms with Gasteiger partial charge >= 0.3 is 6.18 Å². The smallest absolute Gasteiger partial charge is 0.352 e. The zero-order valence-electron chi connectivity index (χ0n) is 17.0. The number of nitrogens with zero attached hydrogens (tertiary/aromatic N) is 5. The van der Waals surface area contributed by atoms with E-state index in [-0.39, 0.29) is 12.5 Å². The van der Waals surface area contributed by atoms with Gasteiger partial charge in [0.2, 0.25) is 5.95 Å². The number of nitrogens with two attached hydrogens (primary N) is 1. The molecule has 3 heterocycles. The first kappa shape index (κ1) is 21.9. The Hall–Kier alpha value is -4.30.